The van der Waals surface area contributed by atoms with Gasteiger partial charge < -0.3 is 9.67 Å². The molecule has 0 unspecified atom stereocenters. The predicted molar refractivity (Wildman–Crippen MR) is 60.1 cm³/mol. The Labute approximate surface area is 100 Å². The van der Waals surface area contributed by atoms with Crippen LogP contribution in [0.2, 0.25) is 0 Å². The molecule has 0 bridgehead atoms. The molecule has 2 rings (SSSR count). The minimum Gasteiger partial charge on any atom is -0.392 e. The van der Waals surface area contributed by atoms with Crippen LogP contribution in [0.4, 0.5) is 13.2 Å². The number of alkyl halides is 3. The van der Waals surface area contributed by atoms with Crippen LogP contribution in [0.5, 0.6) is 0 Å². The number of aromatic nitrogens is 1. The zero-order chi connectivity index (χ0) is 13.5. The van der Waals surface area contributed by atoms with Gasteiger partial charge in [0, 0.05) is 18.5 Å². The molecule has 0 radical (unpaired) electrons. The SMILES string of the molecule is Cn1c(=O)cc(C(F)(F)F)c2ccc(CO)cc21. The first-order valence-electron chi connectivity index (χ1n) is 5.15. The first kappa shape index (κ1) is 12.6. The van der Waals surface area contributed by atoms with Crippen molar-refractivity contribution >= 4 is 10.9 Å². The molecule has 6 heteroatoms. The molecule has 1 N–H and O–H groups in total. The summed E-state index contributed by atoms with van der Waals surface area (Å²) in [6.07, 6.45) is -4.58. The van der Waals surface area contributed by atoms with Crippen molar-refractivity contribution < 1.29 is 18.3 Å². The molecule has 0 aliphatic rings. The molecule has 0 aliphatic heterocycles. The van der Waals surface area contributed by atoms with E-state index in [1.165, 1.54) is 25.2 Å². The van der Waals surface area contributed by atoms with Crippen LogP contribution in [0.1, 0.15) is 11.1 Å². The van der Waals surface area contributed by atoms with Crippen molar-refractivity contribution in [3.05, 3.63) is 45.7 Å². The van der Waals surface area contributed by atoms with Crippen molar-refractivity contribution in [1.29, 1.82) is 0 Å². The Morgan fingerprint density at radius 1 is 1.28 bits per heavy atom. The summed E-state index contributed by atoms with van der Waals surface area (Å²) in [5.41, 5.74) is -1.08. The van der Waals surface area contributed by atoms with Gasteiger partial charge >= 0.3 is 6.18 Å². The fourth-order valence-corrected chi connectivity index (χ4v) is 1.83. The van der Waals surface area contributed by atoms with Gasteiger partial charge in [0.15, 0.2) is 0 Å². The molecule has 1 aromatic carbocycles. The minimum absolute atomic E-state index is 0.0539. The van der Waals surface area contributed by atoms with Gasteiger partial charge in [0.25, 0.3) is 5.56 Å². The van der Waals surface area contributed by atoms with Crippen LogP contribution in [0.15, 0.2) is 29.1 Å². The number of benzene rings is 1. The number of fused-ring (bicyclic) bond motifs is 1. The van der Waals surface area contributed by atoms with E-state index in [0.717, 1.165) is 4.57 Å². The van der Waals surface area contributed by atoms with Crippen LogP contribution < -0.4 is 5.56 Å². The first-order chi connectivity index (χ1) is 8.34. The van der Waals surface area contributed by atoms with Gasteiger partial charge in [0.05, 0.1) is 17.7 Å². The number of hydrogen-bond acceptors (Lipinski definition) is 2. The summed E-state index contributed by atoms with van der Waals surface area (Å²) in [6.45, 7) is -0.291. The van der Waals surface area contributed by atoms with Crippen molar-refractivity contribution in [3.63, 3.8) is 0 Å². The molecular formula is C12H10F3NO2. The molecule has 1 heterocycles. The lowest BCUT2D eigenvalue weighted by atomic mass is 10.1. The van der Waals surface area contributed by atoms with Crippen LogP contribution in [0.25, 0.3) is 10.9 Å². The van der Waals surface area contributed by atoms with Gasteiger partial charge in [-0.25, -0.2) is 0 Å². The second-order valence-electron chi connectivity index (χ2n) is 3.96. The second-order valence-corrected chi connectivity index (χ2v) is 3.96. The van der Waals surface area contributed by atoms with Gasteiger partial charge in [-0.2, -0.15) is 13.2 Å². The van der Waals surface area contributed by atoms with E-state index < -0.39 is 17.3 Å². The first-order valence-corrected chi connectivity index (χ1v) is 5.15. The fraction of sp³-hybridized carbons (Fsp3) is 0.250. The number of nitrogens with zero attached hydrogens (tertiary/aromatic N) is 1. The van der Waals surface area contributed by atoms with E-state index in [9.17, 15) is 18.0 Å². The molecule has 0 fully saturated rings. The van der Waals surface area contributed by atoms with E-state index in [1.54, 1.807) is 0 Å². The molecule has 18 heavy (non-hydrogen) atoms. The highest BCUT2D eigenvalue weighted by Crippen LogP contribution is 2.33. The maximum atomic E-state index is 12.8. The number of pyridine rings is 1. The standard InChI is InChI=1S/C12H10F3NO2/c1-16-10-4-7(6-17)2-3-8(10)9(5-11(16)18)12(13,14)15/h2-5,17H,6H2,1H3. The van der Waals surface area contributed by atoms with Gasteiger partial charge in [0.2, 0.25) is 0 Å². The highest BCUT2D eigenvalue weighted by molar-refractivity contribution is 5.83. The summed E-state index contributed by atoms with van der Waals surface area (Å²) in [7, 11) is 1.39. The van der Waals surface area contributed by atoms with Crippen LogP contribution >= 0.6 is 0 Å². The highest BCUT2D eigenvalue weighted by atomic mass is 19.4. The number of rotatable bonds is 1. The lowest BCUT2D eigenvalue weighted by Crippen LogP contribution is -2.20. The molecule has 2 aromatic rings. The van der Waals surface area contributed by atoms with Gasteiger partial charge in [-0.1, -0.05) is 12.1 Å². The summed E-state index contributed by atoms with van der Waals surface area (Å²) >= 11 is 0. The summed E-state index contributed by atoms with van der Waals surface area (Å²) in [6, 6.07) is 4.64. The monoisotopic (exact) mass is 257 g/mol. The predicted octanol–water partition coefficient (Wildman–Crippen LogP) is 2.05. The molecular weight excluding hydrogens is 247 g/mol. The van der Waals surface area contributed by atoms with Crippen LogP contribution in [-0.2, 0) is 19.8 Å². The average molecular weight is 257 g/mol. The Bertz CT molecular complexity index is 659. The van der Waals surface area contributed by atoms with E-state index in [1.807, 2.05) is 0 Å². The summed E-state index contributed by atoms with van der Waals surface area (Å²) in [5.74, 6) is 0. The summed E-state index contributed by atoms with van der Waals surface area (Å²) in [5, 5.41) is 8.92. The molecule has 3 nitrogen and oxygen atoms in total. The van der Waals surface area contributed by atoms with Crippen LogP contribution in [-0.4, -0.2) is 9.67 Å². The third kappa shape index (κ3) is 1.99. The second kappa shape index (κ2) is 4.13. The van der Waals surface area contributed by atoms with Gasteiger partial charge in [-0.3, -0.25) is 4.79 Å². The minimum atomic E-state index is -4.58. The van der Waals surface area contributed by atoms with Gasteiger partial charge in [-0.05, 0) is 11.6 Å². The molecule has 0 spiro atoms. The molecule has 1 aromatic heterocycles. The van der Waals surface area contributed by atoms with Gasteiger partial charge in [-0.15, -0.1) is 0 Å². The average Bonchev–Trinajstić information content (AvgIpc) is 2.31. The zero-order valence-corrected chi connectivity index (χ0v) is 9.45. The molecule has 0 aliphatic carbocycles. The smallest absolute Gasteiger partial charge is 0.392 e. The number of aliphatic hydroxyl groups is 1. The number of halogens is 3. The summed E-state index contributed by atoms with van der Waals surface area (Å²) in [4.78, 5) is 11.5. The van der Waals surface area contributed by atoms with E-state index in [4.69, 9.17) is 5.11 Å². The van der Waals surface area contributed by atoms with E-state index in [-0.39, 0.29) is 17.5 Å². The number of aliphatic hydroxyl groups excluding tert-OH is 1. The Hall–Kier alpha value is -1.82. The maximum absolute atomic E-state index is 12.8. The third-order valence-corrected chi connectivity index (χ3v) is 2.80. The largest absolute Gasteiger partial charge is 0.417 e. The quantitative estimate of drug-likeness (QED) is 0.849. The van der Waals surface area contributed by atoms with Crippen molar-refractivity contribution in [1.82, 2.24) is 4.57 Å². The van der Waals surface area contributed by atoms with E-state index in [2.05, 4.69) is 0 Å². The number of aryl methyl sites for hydroxylation is 1. The Kier molecular flexibility index (Phi) is 2.90. The molecule has 0 saturated heterocycles. The topological polar surface area (TPSA) is 42.2 Å². The molecule has 96 valence electrons. The zero-order valence-electron chi connectivity index (χ0n) is 9.45. The Balaban J connectivity index is 2.91. The lowest BCUT2D eigenvalue weighted by Gasteiger charge is -2.13. The Morgan fingerprint density at radius 2 is 1.94 bits per heavy atom. The molecule has 0 amide bonds. The van der Waals surface area contributed by atoms with Gasteiger partial charge in [0.1, 0.15) is 0 Å². The lowest BCUT2D eigenvalue weighted by molar-refractivity contribution is -0.136. The van der Waals surface area contributed by atoms with Crippen LogP contribution in [0.3, 0.4) is 0 Å². The summed E-state index contributed by atoms with van der Waals surface area (Å²) < 4.78 is 39.6. The van der Waals surface area contributed by atoms with E-state index in [0.29, 0.717) is 11.6 Å². The molecule has 0 atom stereocenters. The normalized spacial score (nSPS) is 12.1. The maximum Gasteiger partial charge on any atom is 0.417 e. The van der Waals surface area contributed by atoms with E-state index >= 15 is 0 Å². The van der Waals surface area contributed by atoms with Crippen molar-refractivity contribution in [2.75, 3.05) is 0 Å². The number of hydrogen-bond donors (Lipinski definition) is 1. The third-order valence-electron chi connectivity index (χ3n) is 2.80. The highest BCUT2D eigenvalue weighted by Gasteiger charge is 2.33. The fourth-order valence-electron chi connectivity index (χ4n) is 1.83. The van der Waals surface area contributed by atoms with Crippen molar-refractivity contribution in [2.45, 2.75) is 12.8 Å². The van der Waals surface area contributed by atoms with Crippen LogP contribution in [0, 0.1) is 0 Å². The van der Waals surface area contributed by atoms with Crippen molar-refractivity contribution in [3.8, 4) is 0 Å². The molecule has 0 saturated carbocycles. The Morgan fingerprint density at radius 3 is 2.50 bits per heavy atom. The van der Waals surface area contributed by atoms with Crippen molar-refractivity contribution in [2.24, 2.45) is 7.05 Å².